The van der Waals surface area contributed by atoms with Gasteiger partial charge in [-0.05, 0) is 45.4 Å². The monoisotopic (exact) mass is 192 g/mol. The molecule has 0 saturated heterocycles. The Bertz CT molecular complexity index is 242. The Labute approximate surface area is 87.2 Å². The molecular formula is C13H20O. The van der Waals surface area contributed by atoms with Gasteiger partial charge in [-0.25, -0.2) is 0 Å². The number of aliphatic hydroxyl groups excluding tert-OH is 1. The van der Waals surface area contributed by atoms with E-state index in [4.69, 9.17) is 0 Å². The molecule has 1 aliphatic carbocycles. The van der Waals surface area contributed by atoms with E-state index < -0.39 is 0 Å². The molecule has 0 radical (unpaired) electrons. The molecule has 0 aromatic rings. The van der Waals surface area contributed by atoms with Crippen LogP contribution in [0.5, 0.6) is 0 Å². The molecule has 0 aromatic heterocycles. The van der Waals surface area contributed by atoms with E-state index in [1.54, 1.807) is 0 Å². The van der Waals surface area contributed by atoms with Crippen molar-refractivity contribution in [3.63, 3.8) is 0 Å². The van der Waals surface area contributed by atoms with Gasteiger partial charge in [-0.3, -0.25) is 0 Å². The Morgan fingerprint density at radius 2 is 2.36 bits per heavy atom. The fourth-order valence-electron chi connectivity index (χ4n) is 1.86. The first-order valence-electron chi connectivity index (χ1n) is 5.58. The van der Waals surface area contributed by atoms with Crippen molar-refractivity contribution in [2.75, 3.05) is 0 Å². The minimum Gasteiger partial charge on any atom is -0.393 e. The van der Waals surface area contributed by atoms with Gasteiger partial charge in [0.25, 0.3) is 0 Å². The molecule has 1 N–H and O–H groups in total. The van der Waals surface area contributed by atoms with Crippen LogP contribution in [0.4, 0.5) is 0 Å². The Kier molecular flexibility index (Phi) is 5.40. The van der Waals surface area contributed by atoms with Gasteiger partial charge in [-0.1, -0.05) is 11.6 Å². The van der Waals surface area contributed by atoms with Crippen LogP contribution in [0.1, 0.15) is 51.9 Å². The fourth-order valence-corrected chi connectivity index (χ4v) is 1.86. The van der Waals surface area contributed by atoms with Gasteiger partial charge in [-0.15, -0.1) is 11.8 Å². The summed E-state index contributed by atoms with van der Waals surface area (Å²) in [5, 5.41) is 9.72. The molecule has 78 valence electrons. The number of aliphatic hydroxyl groups is 1. The highest BCUT2D eigenvalue weighted by molar-refractivity contribution is 5.06. The van der Waals surface area contributed by atoms with E-state index in [9.17, 15) is 5.11 Å². The number of rotatable bonds is 4. The third kappa shape index (κ3) is 4.48. The first-order valence-corrected chi connectivity index (χ1v) is 5.58. The molecule has 1 heteroatoms. The van der Waals surface area contributed by atoms with E-state index in [-0.39, 0.29) is 6.10 Å². The molecule has 1 rings (SSSR count). The highest BCUT2D eigenvalue weighted by atomic mass is 16.3. The van der Waals surface area contributed by atoms with Gasteiger partial charge >= 0.3 is 0 Å². The summed E-state index contributed by atoms with van der Waals surface area (Å²) in [5.74, 6) is 5.84. The van der Waals surface area contributed by atoms with Crippen molar-refractivity contribution in [1.82, 2.24) is 0 Å². The van der Waals surface area contributed by atoms with Gasteiger partial charge < -0.3 is 5.11 Å². The van der Waals surface area contributed by atoms with Crippen molar-refractivity contribution in [2.45, 2.75) is 58.0 Å². The van der Waals surface area contributed by atoms with Gasteiger partial charge in [0.1, 0.15) is 0 Å². The third-order valence-corrected chi connectivity index (χ3v) is 2.66. The van der Waals surface area contributed by atoms with Crippen molar-refractivity contribution < 1.29 is 5.11 Å². The highest BCUT2D eigenvalue weighted by Gasteiger charge is 2.09. The van der Waals surface area contributed by atoms with E-state index >= 15 is 0 Å². The molecule has 0 spiro atoms. The molecule has 1 unspecified atom stereocenters. The summed E-state index contributed by atoms with van der Waals surface area (Å²) in [6.45, 7) is 1.84. The van der Waals surface area contributed by atoms with Gasteiger partial charge in [-0.2, -0.15) is 0 Å². The Balaban J connectivity index is 2.20. The molecular weight excluding hydrogens is 172 g/mol. The van der Waals surface area contributed by atoms with E-state index in [0.29, 0.717) is 0 Å². The van der Waals surface area contributed by atoms with Crippen LogP contribution in [0.15, 0.2) is 11.6 Å². The van der Waals surface area contributed by atoms with Crippen LogP contribution in [0.2, 0.25) is 0 Å². The summed E-state index contributed by atoms with van der Waals surface area (Å²) in [4.78, 5) is 0. The summed E-state index contributed by atoms with van der Waals surface area (Å²) >= 11 is 0. The first-order chi connectivity index (χ1) is 6.83. The number of allylic oxidation sites excluding steroid dienone is 1. The highest BCUT2D eigenvalue weighted by Crippen LogP contribution is 2.22. The number of hydrogen-bond acceptors (Lipinski definition) is 1. The zero-order valence-corrected chi connectivity index (χ0v) is 9.05. The van der Waals surface area contributed by atoms with E-state index in [2.05, 4.69) is 17.9 Å². The maximum Gasteiger partial charge on any atom is 0.0586 e. The Morgan fingerprint density at radius 3 is 3.00 bits per heavy atom. The summed E-state index contributed by atoms with van der Waals surface area (Å²) in [6, 6.07) is 0. The standard InChI is InChI=1S/C13H20O/c1-2-3-5-10-13(14)11-12-8-6-4-7-9-12/h8,13-14H,4-7,9-11H2,1H3. The molecule has 1 aliphatic rings. The zero-order valence-electron chi connectivity index (χ0n) is 9.05. The zero-order chi connectivity index (χ0) is 10.2. The van der Waals surface area contributed by atoms with Crippen molar-refractivity contribution in [1.29, 1.82) is 0 Å². The lowest BCUT2D eigenvalue weighted by molar-refractivity contribution is 0.165. The minimum absolute atomic E-state index is 0.180. The van der Waals surface area contributed by atoms with E-state index in [1.165, 1.54) is 31.3 Å². The topological polar surface area (TPSA) is 20.2 Å². The average molecular weight is 192 g/mol. The largest absolute Gasteiger partial charge is 0.393 e. The quantitative estimate of drug-likeness (QED) is 0.536. The molecule has 14 heavy (non-hydrogen) atoms. The van der Waals surface area contributed by atoms with E-state index in [1.807, 2.05) is 6.92 Å². The maximum atomic E-state index is 9.72. The number of hydrogen-bond donors (Lipinski definition) is 1. The molecule has 1 nitrogen and oxygen atoms in total. The van der Waals surface area contributed by atoms with Gasteiger partial charge in [0.2, 0.25) is 0 Å². The Hall–Kier alpha value is -0.740. The van der Waals surface area contributed by atoms with Crippen LogP contribution in [-0.4, -0.2) is 11.2 Å². The van der Waals surface area contributed by atoms with Crippen molar-refractivity contribution in [3.05, 3.63) is 11.6 Å². The molecule has 1 atom stereocenters. The SMILES string of the molecule is CC#CCCC(O)CC1=CCCCC1. The van der Waals surface area contributed by atoms with Crippen molar-refractivity contribution >= 4 is 0 Å². The van der Waals surface area contributed by atoms with Crippen molar-refractivity contribution in [2.24, 2.45) is 0 Å². The lowest BCUT2D eigenvalue weighted by Gasteiger charge is -2.15. The van der Waals surface area contributed by atoms with Crippen LogP contribution >= 0.6 is 0 Å². The van der Waals surface area contributed by atoms with Crippen LogP contribution in [0, 0.1) is 11.8 Å². The van der Waals surface area contributed by atoms with E-state index in [0.717, 1.165) is 19.3 Å². The predicted octanol–water partition coefficient (Wildman–Crippen LogP) is 3.04. The second kappa shape index (κ2) is 6.68. The molecule has 0 heterocycles. The van der Waals surface area contributed by atoms with Gasteiger partial charge in [0.05, 0.1) is 6.10 Å². The maximum absolute atomic E-state index is 9.72. The summed E-state index contributed by atoms with van der Waals surface area (Å²) in [7, 11) is 0. The predicted molar refractivity (Wildman–Crippen MR) is 59.9 cm³/mol. The van der Waals surface area contributed by atoms with Crippen LogP contribution in [-0.2, 0) is 0 Å². The molecule has 0 aliphatic heterocycles. The molecule has 0 aromatic carbocycles. The first kappa shape index (κ1) is 11.3. The van der Waals surface area contributed by atoms with Crippen LogP contribution in [0.25, 0.3) is 0 Å². The molecule has 0 bridgehead atoms. The minimum atomic E-state index is -0.180. The van der Waals surface area contributed by atoms with Crippen LogP contribution in [0.3, 0.4) is 0 Å². The lowest BCUT2D eigenvalue weighted by Crippen LogP contribution is -2.08. The second-order valence-electron chi connectivity index (χ2n) is 3.93. The molecule has 0 amide bonds. The summed E-state index contributed by atoms with van der Waals surface area (Å²) in [5.41, 5.74) is 1.45. The molecule has 0 fully saturated rings. The van der Waals surface area contributed by atoms with Crippen LogP contribution < -0.4 is 0 Å². The third-order valence-electron chi connectivity index (χ3n) is 2.66. The lowest BCUT2D eigenvalue weighted by atomic mass is 9.94. The van der Waals surface area contributed by atoms with Gasteiger partial charge in [0.15, 0.2) is 0 Å². The Morgan fingerprint density at radius 1 is 1.50 bits per heavy atom. The van der Waals surface area contributed by atoms with Crippen molar-refractivity contribution in [3.8, 4) is 11.8 Å². The smallest absolute Gasteiger partial charge is 0.0586 e. The fraction of sp³-hybridized carbons (Fsp3) is 0.692. The average Bonchev–Trinajstić information content (AvgIpc) is 2.20. The second-order valence-corrected chi connectivity index (χ2v) is 3.93. The summed E-state index contributed by atoms with van der Waals surface area (Å²) in [6.07, 6.45) is 9.65. The van der Waals surface area contributed by atoms with Gasteiger partial charge in [0, 0.05) is 6.42 Å². The summed E-state index contributed by atoms with van der Waals surface area (Å²) < 4.78 is 0. The molecule has 0 saturated carbocycles. The normalized spacial score (nSPS) is 18.0.